The minimum atomic E-state index is -3.67. The minimum Gasteiger partial charge on any atom is -0.496 e. The number of methoxy groups -OCH3 is 2. The van der Waals surface area contributed by atoms with E-state index in [1.807, 2.05) is 6.92 Å². The van der Waals surface area contributed by atoms with Gasteiger partial charge in [-0.3, -0.25) is 4.90 Å². The summed E-state index contributed by atoms with van der Waals surface area (Å²) in [5, 5.41) is 0. The number of nitrogens with zero attached hydrogens (tertiary/aromatic N) is 1. The van der Waals surface area contributed by atoms with Crippen LogP contribution in [0.3, 0.4) is 0 Å². The van der Waals surface area contributed by atoms with Crippen LogP contribution in [0.2, 0.25) is 0 Å². The number of hydrogen-bond acceptors (Lipinski definition) is 6. The molecule has 0 spiro atoms. The van der Waals surface area contributed by atoms with Crippen LogP contribution in [-0.4, -0.2) is 66.9 Å². The van der Waals surface area contributed by atoms with Crippen molar-refractivity contribution in [2.75, 3.05) is 53.6 Å². The van der Waals surface area contributed by atoms with Crippen molar-refractivity contribution in [3.63, 3.8) is 0 Å². The van der Waals surface area contributed by atoms with Crippen molar-refractivity contribution < 1.29 is 22.6 Å². The van der Waals surface area contributed by atoms with E-state index < -0.39 is 10.0 Å². The minimum absolute atomic E-state index is 0.0874. The van der Waals surface area contributed by atoms with Crippen molar-refractivity contribution in [3.8, 4) is 11.5 Å². The highest BCUT2D eigenvalue weighted by Gasteiger charge is 2.22. The Hall–Kier alpha value is -1.35. The molecule has 7 nitrogen and oxygen atoms in total. The molecule has 0 saturated carbocycles. The molecule has 0 aliphatic carbocycles. The Balaban J connectivity index is 2.08. The predicted octanol–water partition coefficient (Wildman–Crippen LogP) is 0.623. The summed E-state index contributed by atoms with van der Waals surface area (Å²) in [6.07, 6.45) is 0. The molecule has 130 valence electrons. The molecule has 0 atom stereocenters. The standard InChI is InChI=1S/C15H24N2O5S/c1-12-10-14(21-3)15(11-13(12)20-2)23(18,19)16-4-5-17-6-8-22-9-7-17/h10-11,16H,4-9H2,1-3H3. The molecule has 1 aromatic rings. The molecule has 0 radical (unpaired) electrons. The van der Waals surface area contributed by atoms with Gasteiger partial charge in [-0.2, -0.15) is 0 Å². The van der Waals surface area contributed by atoms with Crippen molar-refractivity contribution in [1.29, 1.82) is 0 Å². The number of ether oxygens (including phenoxy) is 3. The third kappa shape index (κ3) is 4.57. The summed E-state index contributed by atoms with van der Waals surface area (Å²) in [6.45, 7) is 5.84. The van der Waals surface area contributed by atoms with Gasteiger partial charge in [0.15, 0.2) is 0 Å². The van der Waals surface area contributed by atoms with Gasteiger partial charge in [0.25, 0.3) is 0 Å². The summed E-state index contributed by atoms with van der Waals surface area (Å²) in [4.78, 5) is 2.25. The van der Waals surface area contributed by atoms with Crippen LogP contribution < -0.4 is 14.2 Å². The Kier molecular flexibility index (Phi) is 6.23. The molecular weight excluding hydrogens is 320 g/mol. The lowest BCUT2D eigenvalue weighted by molar-refractivity contribution is 0.0390. The Morgan fingerprint density at radius 3 is 2.43 bits per heavy atom. The van der Waals surface area contributed by atoms with Gasteiger partial charge < -0.3 is 14.2 Å². The zero-order valence-corrected chi connectivity index (χ0v) is 14.6. The number of morpholine rings is 1. The SMILES string of the molecule is COc1cc(S(=O)(=O)NCCN2CCOCC2)c(OC)cc1C. The second kappa shape index (κ2) is 7.96. The van der Waals surface area contributed by atoms with E-state index in [9.17, 15) is 8.42 Å². The average molecular weight is 344 g/mol. The van der Waals surface area contributed by atoms with E-state index >= 15 is 0 Å². The molecule has 1 aliphatic heterocycles. The summed E-state index contributed by atoms with van der Waals surface area (Å²) in [7, 11) is -0.703. The maximum Gasteiger partial charge on any atom is 0.244 e. The van der Waals surface area contributed by atoms with Crippen molar-refractivity contribution in [3.05, 3.63) is 17.7 Å². The van der Waals surface area contributed by atoms with Gasteiger partial charge in [-0.05, 0) is 18.6 Å². The van der Waals surface area contributed by atoms with Crippen LogP contribution in [0.4, 0.5) is 0 Å². The van der Waals surface area contributed by atoms with Crippen LogP contribution >= 0.6 is 0 Å². The van der Waals surface area contributed by atoms with E-state index in [4.69, 9.17) is 14.2 Å². The Bertz CT molecular complexity index is 627. The first kappa shape index (κ1) is 18.0. The third-order valence-corrected chi connectivity index (χ3v) is 5.28. The Labute approximate surface area is 137 Å². The Morgan fingerprint density at radius 2 is 1.83 bits per heavy atom. The van der Waals surface area contributed by atoms with Gasteiger partial charge >= 0.3 is 0 Å². The summed E-state index contributed by atoms with van der Waals surface area (Å²) in [6, 6.07) is 3.15. The fourth-order valence-electron chi connectivity index (χ4n) is 2.47. The summed E-state index contributed by atoms with van der Waals surface area (Å²) < 4.78 is 43.4. The van der Waals surface area contributed by atoms with Crippen LogP contribution in [0.25, 0.3) is 0 Å². The first-order chi connectivity index (χ1) is 11.0. The second-order valence-electron chi connectivity index (χ2n) is 5.32. The van der Waals surface area contributed by atoms with Gasteiger partial charge in [-0.15, -0.1) is 0 Å². The van der Waals surface area contributed by atoms with Gasteiger partial charge in [0.2, 0.25) is 10.0 Å². The fourth-order valence-corrected chi connectivity index (χ4v) is 3.66. The maximum absolute atomic E-state index is 12.5. The molecule has 1 N–H and O–H groups in total. The van der Waals surface area contributed by atoms with E-state index in [2.05, 4.69) is 9.62 Å². The van der Waals surface area contributed by atoms with Crippen LogP contribution in [0.15, 0.2) is 17.0 Å². The number of nitrogens with one attached hydrogen (secondary N) is 1. The lowest BCUT2D eigenvalue weighted by Crippen LogP contribution is -2.41. The van der Waals surface area contributed by atoms with Crippen molar-refractivity contribution in [2.45, 2.75) is 11.8 Å². The zero-order chi connectivity index (χ0) is 16.9. The van der Waals surface area contributed by atoms with Crippen molar-refractivity contribution >= 4 is 10.0 Å². The van der Waals surface area contributed by atoms with E-state index in [0.29, 0.717) is 37.8 Å². The van der Waals surface area contributed by atoms with Crippen LogP contribution in [0.1, 0.15) is 5.56 Å². The highest BCUT2D eigenvalue weighted by molar-refractivity contribution is 7.89. The highest BCUT2D eigenvalue weighted by Crippen LogP contribution is 2.31. The average Bonchev–Trinajstić information content (AvgIpc) is 2.55. The molecular formula is C15H24N2O5S. The van der Waals surface area contributed by atoms with Crippen molar-refractivity contribution in [1.82, 2.24) is 9.62 Å². The Morgan fingerprint density at radius 1 is 1.17 bits per heavy atom. The van der Waals surface area contributed by atoms with Gasteiger partial charge in [0.05, 0.1) is 27.4 Å². The highest BCUT2D eigenvalue weighted by atomic mass is 32.2. The van der Waals surface area contributed by atoms with E-state index in [-0.39, 0.29) is 4.90 Å². The van der Waals surface area contributed by atoms with Gasteiger partial charge in [-0.25, -0.2) is 13.1 Å². The molecule has 1 fully saturated rings. The molecule has 1 heterocycles. The van der Waals surface area contributed by atoms with Crippen LogP contribution in [-0.2, 0) is 14.8 Å². The van der Waals surface area contributed by atoms with Crippen LogP contribution in [0, 0.1) is 6.92 Å². The quantitative estimate of drug-likeness (QED) is 0.781. The lowest BCUT2D eigenvalue weighted by atomic mass is 10.2. The topological polar surface area (TPSA) is 77.1 Å². The number of aryl methyl sites for hydroxylation is 1. The fraction of sp³-hybridized carbons (Fsp3) is 0.600. The van der Waals surface area contributed by atoms with E-state index in [0.717, 1.165) is 18.7 Å². The summed E-state index contributed by atoms with van der Waals surface area (Å²) >= 11 is 0. The smallest absolute Gasteiger partial charge is 0.244 e. The molecule has 0 bridgehead atoms. The van der Waals surface area contributed by atoms with E-state index in [1.54, 1.807) is 6.07 Å². The lowest BCUT2D eigenvalue weighted by Gasteiger charge is -2.26. The third-order valence-electron chi connectivity index (χ3n) is 3.79. The monoisotopic (exact) mass is 344 g/mol. The van der Waals surface area contributed by atoms with Gasteiger partial charge in [-0.1, -0.05) is 0 Å². The second-order valence-corrected chi connectivity index (χ2v) is 7.06. The zero-order valence-electron chi connectivity index (χ0n) is 13.8. The van der Waals surface area contributed by atoms with Gasteiger partial charge in [0.1, 0.15) is 16.4 Å². The molecule has 2 rings (SSSR count). The normalized spacial score (nSPS) is 16.3. The number of sulfonamides is 1. The predicted molar refractivity (Wildman–Crippen MR) is 86.7 cm³/mol. The van der Waals surface area contributed by atoms with E-state index in [1.165, 1.54) is 20.3 Å². The molecule has 1 saturated heterocycles. The molecule has 8 heteroatoms. The first-order valence-corrected chi connectivity index (χ1v) is 8.98. The maximum atomic E-state index is 12.5. The first-order valence-electron chi connectivity index (χ1n) is 7.50. The molecule has 23 heavy (non-hydrogen) atoms. The number of rotatable bonds is 7. The largest absolute Gasteiger partial charge is 0.496 e. The van der Waals surface area contributed by atoms with Crippen molar-refractivity contribution in [2.24, 2.45) is 0 Å². The van der Waals surface area contributed by atoms with Gasteiger partial charge in [0, 0.05) is 32.2 Å². The number of benzene rings is 1. The molecule has 0 aromatic heterocycles. The number of hydrogen-bond donors (Lipinski definition) is 1. The molecule has 1 aliphatic rings. The van der Waals surface area contributed by atoms with Crippen LogP contribution in [0.5, 0.6) is 11.5 Å². The molecule has 1 aromatic carbocycles. The molecule has 0 amide bonds. The molecule has 0 unspecified atom stereocenters. The summed E-state index contributed by atoms with van der Waals surface area (Å²) in [5.74, 6) is 0.821. The summed E-state index contributed by atoms with van der Waals surface area (Å²) in [5.41, 5.74) is 0.816.